The first-order valence-electron chi connectivity index (χ1n) is 8.66. The van der Waals surface area contributed by atoms with E-state index in [1.165, 1.54) is 4.31 Å². The standard InChI is InChI=1S/C20H16ClNO4S/c1-20-13(12-6-3-2-4-7-12)10-15-19-14(21)8-5-9-16(19)27(24,25)22(15)17(20)11-18(23)26-20/h2-10,13,17H,11H2,1H3/t13?,17?,20-/m0/s1. The van der Waals surface area contributed by atoms with E-state index in [0.29, 0.717) is 16.3 Å². The lowest BCUT2D eigenvalue weighted by Gasteiger charge is -2.44. The van der Waals surface area contributed by atoms with Gasteiger partial charge in [0.25, 0.3) is 10.0 Å². The van der Waals surface area contributed by atoms with Crippen LogP contribution in [0.15, 0.2) is 59.5 Å². The van der Waals surface area contributed by atoms with Gasteiger partial charge in [-0.25, -0.2) is 8.42 Å². The summed E-state index contributed by atoms with van der Waals surface area (Å²) in [6.07, 6.45) is 1.89. The van der Waals surface area contributed by atoms with E-state index in [4.69, 9.17) is 16.3 Å². The molecule has 0 saturated carbocycles. The van der Waals surface area contributed by atoms with Crippen molar-refractivity contribution >= 4 is 33.3 Å². The molecule has 1 fully saturated rings. The summed E-state index contributed by atoms with van der Waals surface area (Å²) in [7, 11) is -3.80. The highest BCUT2D eigenvalue weighted by molar-refractivity contribution is 7.90. The zero-order valence-electron chi connectivity index (χ0n) is 14.4. The highest BCUT2D eigenvalue weighted by Gasteiger charge is 2.61. The Morgan fingerprint density at radius 1 is 1.15 bits per heavy atom. The quantitative estimate of drug-likeness (QED) is 0.685. The number of hydrogen-bond acceptors (Lipinski definition) is 4. The second kappa shape index (κ2) is 5.36. The summed E-state index contributed by atoms with van der Waals surface area (Å²) in [5.41, 5.74) is 1.01. The maximum Gasteiger partial charge on any atom is 0.308 e. The van der Waals surface area contributed by atoms with Crippen LogP contribution in [0.5, 0.6) is 0 Å². The molecule has 5 nitrogen and oxygen atoms in total. The van der Waals surface area contributed by atoms with E-state index in [0.717, 1.165) is 5.56 Å². The molecule has 3 aliphatic rings. The van der Waals surface area contributed by atoms with E-state index in [9.17, 15) is 13.2 Å². The molecule has 5 rings (SSSR count). The molecule has 2 aromatic rings. The number of rotatable bonds is 1. The number of fused-ring (bicyclic) bond motifs is 5. The monoisotopic (exact) mass is 401 g/mol. The van der Waals surface area contributed by atoms with E-state index >= 15 is 0 Å². The molecule has 1 saturated heterocycles. The third kappa shape index (κ3) is 2.11. The van der Waals surface area contributed by atoms with Crippen molar-refractivity contribution in [3.8, 4) is 0 Å². The third-order valence-electron chi connectivity index (χ3n) is 5.75. The second-order valence-corrected chi connectivity index (χ2v) is 9.42. The smallest absolute Gasteiger partial charge is 0.308 e. The minimum atomic E-state index is -3.80. The average Bonchev–Trinajstić information content (AvgIpc) is 3.06. The van der Waals surface area contributed by atoms with Crippen LogP contribution in [-0.2, 0) is 19.6 Å². The van der Waals surface area contributed by atoms with Gasteiger partial charge in [0.2, 0.25) is 0 Å². The Balaban J connectivity index is 1.82. The van der Waals surface area contributed by atoms with Crippen LogP contribution in [0.2, 0.25) is 5.02 Å². The molecule has 3 aliphatic heterocycles. The summed E-state index contributed by atoms with van der Waals surface area (Å²) < 4.78 is 33.6. The highest BCUT2D eigenvalue weighted by Crippen LogP contribution is 2.55. The van der Waals surface area contributed by atoms with E-state index in [1.807, 2.05) is 43.3 Å². The van der Waals surface area contributed by atoms with Crippen molar-refractivity contribution in [3.63, 3.8) is 0 Å². The van der Waals surface area contributed by atoms with Crippen molar-refractivity contribution in [1.82, 2.24) is 4.31 Å². The Hall–Kier alpha value is -2.31. The van der Waals surface area contributed by atoms with Crippen molar-refractivity contribution in [2.75, 3.05) is 0 Å². The first-order chi connectivity index (χ1) is 12.8. The van der Waals surface area contributed by atoms with Gasteiger partial charge < -0.3 is 4.74 Å². The predicted molar refractivity (Wildman–Crippen MR) is 101 cm³/mol. The first kappa shape index (κ1) is 16.8. The molecule has 0 bridgehead atoms. The maximum absolute atomic E-state index is 13.3. The number of carbonyl (C=O) groups excluding carboxylic acids is 1. The van der Waals surface area contributed by atoms with Crippen molar-refractivity contribution in [2.24, 2.45) is 0 Å². The molecule has 7 heteroatoms. The fourth-order valence-electron chi connectivity index (χ4n) is 4.52. The molecule has 3 atom stereocenters. The van der Waals surface area contributed by atoms with Gasteiger partial charge in [0.15, 0.2) is 0 Å². The average molecular weight is 402 g/mol. The van der Waals surface area contributed by atoms with Crippen LogP contribution in [-0.4, -0.2) is 30.3 Å². The van der Waals surface area contributed by atoms with Gasteiger partial charge in [0.05, 0.1) is 28.1 Å². The van der Waals surface area contributed by atoms with Gasteiger partial charge in [0.1, 0.15) is 5.60 Å². The van der Waals surface area contributed by atoms with Gasteiger partial charge >= 0.3 is 5.97 Å². The van der Waals surface area contributed by atoms with E-state index in [2.05, 4.69) is 0 Å². The molecule has 27 heavy (non-hydrogen) atoms. The third-order valence-corrected chi connectivity index (χ3v) is 7.93. The Morgan fingerprint density at radius 2 is 1.89 bits per heavy atom. The minimum absolute atomic E-state index is 0.0159. The van der Waals surface area contributed by atoms with E-state index < -0.39 is 27.6 Å². The predicted octanol–water partition coefficient (Wildman–Crippen LogP) is 3.56. The molecule has 0 aromatic heterocycles. The summed E-state index contributed by atoms with van der Waals surface area (Å²) >= 11 is 6.39. The number of carbonyl (C=O) groups is 1. The van der Waals surface area contributed by atoms with E-state index in [1.54, 1.807) is 18.2 Å². The highest BCUT2D eigenvalue weighted by atomic mass is 35.5. The molecule has 0 amide bonds. The molecule has 0 aliphatic carbocycles. The molecule has 3 heterocycles. The first-order valence-corrected chi connectivity index (χ1v) is 10.5. The van der Waals surface area contributed by atoms with Crippen molar-refractivity contribution in [1.29, 1.82) is 0 Å². The summed E-state index contributed by atoms with van der Waals surface area (Å²) in [5.74, 6) is -0.672. The topological polar surface area (TPSA) is 63.7 Å². The lowest BCUT2D eigenvalue weighted by Crippen LogP contribution is -2.53. The molecule has 0 radical (unpaired) electrons. The molecule has 2 unspecified atom stereocenters. The molecular weight excluding hydrogens is 386 g/mol. The van der Waals surface area contributed by atoms with Gasteiger partial charge in [-0.1, -0.05) is 48.0 Å². The fraction of sp³-hybridized carbons (Fsp3) is 0.250. The van der Waals surface area contributed by atoms with Crippen LogP contribution in [0, 0.1) is 0 Å². The van der Waals surface area contributed by atoms with Gasteiger partial charge in [-0.15, -0.1) is 0 Å². The zero-order chi connectivity index (χ0) is 19.0. The van der Waals surface area contributed by atoms with Crippen LogP contribution in [0.1, 0.15) is 30.4 Å². The Kier molecular flexibility index (Phi) is 3.34. The van der Waals surface area contributed by atoms with Crippen LogP contribution in [0.25, 0.3) is 5.70 Å². The summed E-state index contributed by atoms with van der Waals surface area (Å²) in [4.78, 5) is 12.4. The molecular formula is C20H16ClNO4S. The number of benzene rings is 2. The number of halogens is 1. The number of sulfonamides is 1. The van der Waals surface area contributed by atoms with Crippen molar-refractivity contribution in [3.05, 3.63) is 70.8 Å². The van der Waals surface area contributed by atoms with Gasteiger partial charge in [-0.05, 0) is 30.7 Å². The molecule has 138 valence electrons. The number of ether oxygens (including phenoxy) is 1. The summed E-state index contributed by atoms with van der Waals surface area (Å²) in [5, 5.41) is 0.380. The normalized spacial score (nSPS) is 30.2. The van der Waals surface area contributed by atoms with Crippen LogP contribution in [0.4, 0.5) is 0 Å². The van der Waals surface area contributed by atoms with Gasteiger partial charge in [0, 0.05) is 11.5 Å². The number of esters is 1. The largest absolute Gasteiger partial charge is 0.456 e. The SMILES string of the molecule is C[C@@]12OC(=O)CC1N1C(=CC2c2ccccc2)c2c(Cl)cccc2S1(=O)=O. The molecule has 0 spiro atoms. The Bertz CT molecular complexity index is 1110. The molecule has 0 N–H and O–H groups in total. The number of nitrogens with zero attached hydrogens (tertiary/aromatic N) is 1. The van der Waals surface area contributed by atoms with Crippen LogP contribution >= 0.6 is 11.6 Å². The van der Waals surface area contributed by atoms with Gasteiger partial charge in [-0.3, -0.25) is 9.10 Å². The maximum atomic E-state index is 13.3. The lowest BCUT2D eigenvalue weighted by molar-refractivity contribution is -0.149. The lowest BCUT2D eigenvalue weighted by atomic mass is 9.75. The number of hydrogen-bond donors (Lipinski definition) is 0. The van der Waals surface area contributed by atoms with E-state index in [-0.39, 0.29) is 17.2 Å². The van der Waals surface area contributed by atoms with Crippen LogP contribution in [0.3, 0.4) is 0 Å². The van der Waals surface area contributed by atoms with Crippen LogP contribution < -0.4 is 0 Å². The van der Waals surface area contributed by atoms with Crippen molar-refractivity contribution in [2.45, 2.75) is 35.8 Å². The Morgan fingerprint density at radius 3 is 2.63 bits per heavy atom. The molecule has 2 aromatic carbocycles. The van der Waals surface area contributed by atoms with Gasteiger partial charge in [-0.2, -0.15) is 0 Å². The summed E-state index contributed by atoms with van der Waals surface area (Å²) in [6.45, 7) is 1.81. The minimum Gasteiger partial charge on any atom is -0.456 e. The van der Waals surface area contributed by atoms with Crippen molar-refractivity contribution < 1.29 is 17.9 Å². The Labute approximate surface area is 162 Å². The zero-order valence-corrected chi connectivity index (χ0v) is 16.0. The fourth-order valence-corrected chi connectivity index (χ4v) is 6.81. The summed E-state index contributed by atoms with van der Waals surface area (Å²) in [6, 6.07) is 13.9. The second-order valence-electron chi connectivity index (χ2n) is 7.23.